The third kappa shape index (κ3) is 2.32. The number of anilines is 2. The number of hydrogen-bond acceptors (Lipinski definition) is 4. The van der Waals surface area contributed by atoms with Crippen LogP contribution < -0.4 is 10.6 Å². The number of hydrogen-bond donors (Lipinski definition) is 2. The molecule has 72 valence electrons. The molecule has 1 aromatic rings. The van der Waals surface area contributed by atoms with Gasteiger partial charge in [0, 0.05) is 13.6 Å². The number of rotatable bonds is 3. The fraction of sp³-hybridized carbons (Fsp3) is 0.444. The van der Waals surface area contributed by atoms with E-state index in [2.05, 4.69) is 4.98 Å². The number of aliphatic hydroxyl groups excluding tert-OH is 1. The molecular formula is C9H15N3O. The van der Waals surface area contributed by atoms with Crippen molar-refractivity contribution in [1.82, 2.24) is 4.98 Å². The minimum atomic E-state index is 0.127. The first kappa shape index (κ1) is 9.80. The molecule has 3 N–H and O–H groups in total. The summed E-state index contributed by atoms with van der Waals surface area (Å²) in [6.45, 7) is 2.64. The Kier molecular flexibility index (Phi) is 3.08. The Balaban J connectivity index is 2.84. The number of aliphatic hydroxyl groups is 1. The van der Waals surface area contributed by atoms with Gasteiger partial charge in [0.2, 0.25) is 0 Å². The molecular weight excluding hydrogens is 166 g/mol. The summed E-state index contributed by atoms with van der Waals surface area (Å²) in [5.74, 6) is 0.834. The molecule has 1 rings (SSSR count). The first-order valence-corrected chi connectivity index (χ1v) is 4.19. The Morgan fingerprint density at radius 1 is 1.62 bits per heavy atom. The Bertz CT molecular complexity index is 288. The van der Waals surface area contributed by atoms with Crippen molar-refractivity contribution in [1.29, 1.82) is 0 Å². The topological polar surface area (TPSA) is 62.4 Å². The summed E-state index contributed by atoms with van der Waals surface area (Å²) in [5.41, 5.74) is 7.34. The number of aryl methyl sites for hydroxylation is 1. The highest BCUT2D eigenvalue weighted by atomic mass is 16.3. The maximum Gasteiger partial charge on any atom is 0.128 e. The Hall–Kier alpha value is -1.29. The van der Waals surface area contributed by atoms with Gasteiger partial charge in [0.1, 0.15) is 5.82 Å². The van der Waals surface area contributed by atoms with E-state index in [1.54, 1.807) is 6.20 Å². The van der Waals surface area contributed by atoms with Crippen molar-refractivity contribution < 1.29 is 5.11 Å². The molecule has 0 spiro atoms. The van der Waals surface area contributed by atoms with Gasteiger partial charge in [-0.3, -0.25) is 0 Å². The first-order chi connectivity index (χ1) is 6.15. The summed E-state index contributed by atoms with van der Waals surface area (Å²) < 4.78 is 0. The predicted octanol–water partition coefficient (Wildman–Crippen LogP) is 0.401. The second-order valence-corrected chi connectivity index (χ2v) is 3.04. The molecule has 1 aromatic heterocycles. The zero-order valence-corrected chi connectivity index (χ0v) is 7.99. The third-order valence-corrected chi connectivity index (χ3v) is 1.96. The molecule has 1 heterocycles. The van der Waals surface area contributed by atoms with Crippen LogP contribution >= 0.6 is 0 Å². The largest absolute Gasteiger partial charge is 0.397 e. The summed E-state index contributed by atoms with van der Waals surface area (Å²) in [5, 5.41) is 8.73. The highest BCUT2D eigenvalue weighted by molar-refractivity contribution is 5.51. The van der Waals surface area contributed by atoms with Crippen molar-refractivity contribution in [3.05, 3.63) is 17.8 Å². The monoisotopic (exact) mass is 181 g/mol. The van der Waals surface area contributed by atoms with Crippen LogP contribution in [0.3, 0.4) is 0 Å². The smallest absolute Gasteiger partial charge is 0.128 e. The van der Waals surface area contributed by atoms with Gasteiger partial charge < -0.3 is 15.7 Å². The van der Waals surface area contributed by atoms with E-state index in [9.17, 15) is 0 Å². The third-order valence-electron chi connectivity index (χ3n) is 1.96. The normalized spacial score (nSPS) is 10.1. The fourth-order valence-corrected chi connectivity index (χ4v) is 1.03. The van der Waals surface area contributed by atoms with Gasteiger partial charge in [-0.25, -0.2) is 4.98 Å². The van der Waals surface area contributed by atoms with Gasteiger partial charge in [-0.05, 0) is 18.6 Å². The Morgan fingerprint density at radius 2 is 2.31 bits per heavy atom. The SMILES string of the molecule is Cc1cc(N(C)CCO)ncc1N. The lowest BCUT2D eigenvalue weighted by atomic mass is 10.2. The first-order valence-electron chi connectivity index (χ1n) is 4.19. The van der Waals surface area contributed by atoms with Crippen LogP contribution in [-0.2, 0) is 0 Å². The van der Waals surface area contributed by atoms with Gasteiger partial charge in [-0.1, -0.05) is 0 Å². The summed E-state index contributed by atoms with van der Waals surface area (Å²) in [7, 11) is 1.88. The quantitative estimate of drug-likeness (QED) is 0.708. The lowest BCUT2D eigenvalue weighted by molar-refractivity contribution is 0.304. The Morgan fingerprint density at radius 3 is 2.85 bits per heavy atom. The molecule has 0 unspecified atom stereocenters. The minimum Gasteiger partial charge on any atom is -0.397 e. The van der Waals surface area contributed by atoms with Gasteiger partial charge in [0.15, 0.2) is 0 Å². The molecule has 0 atom stereocenters. The number of nitrogens with zero attached hydrogens (tertiary/aromatic N) is 2. The zero-order chi connectivity index (χ0) is 9.84. The molecule has 0 aliphatic heterocycles. The highest BCUT2D eigenvalue weighted by Crippen LogP contribution is 2.15. The van der Waals surface area contributed by atoms with Gasteiger partial charge in [0.25, 0.3) is 0 Å². The van der Waals surface area contributed by atoms with Crippen LogP contribution in [0.25, 0.3) is 0 Å². The van der Waals surface area contributed by atoms with Crippen LogP contribution in [0.5, 0.6) is 0 Å². The van der Waals surface area contributed by atoms with Crippen molar-refractivity contribution >= 4 is 11.5 Å². The average molecular weight is 181 g/mol. The number of pyridine rings is 1. The van der Waals surface area contributed by atoms with Crippen molar-refractivity contribution in [2.24, 2.45) is 0 Å². The summed E-state index contributed by atoms with van der Waals surface area (Å²) in [4.78, 5) is 6.03. The molecule has 4 heteroatoms. The van der Waals surface area contributed by atoms with Crippen LogP contribution in [0.15, 0.2) is 12.3 Å². The van der Waals surface area contributed by atoms with Crippen LogP contribution in [0.1, 0.15) is 5.56 Å². The molecule has 0 saturated carbocycles. The van der Waals surface area contributed by atoms with E-state index in [4.69, 9.17) is 10.8 Å². The summed E-state index contributed by atoms with van der Waals surface area (Å²) in [6.07, 6.45) is 1.64. The van der Waals surface area contributed by atoms with Crippen LogP contribution in [-0.4, -0.2) is 30.3 Å². The molecule has 0 fully saturated rings. The van der Waals surface area contributed by atoms with Crippen LogP contribution in [0, 0.1) is 6.92 Å². The lowest BCUT2D eigenvalue weighted by Gasteiger charge is -2.17. The van der Waals surface area contributed by atoms with Crippen LogP contribution in [0.2, 0.25) is 0 Å². The average Bonchev–Trinajstić information content (AvgIpc) is 2.10. The number of aromatic nitrogens is 1. The van der Waals surface area contributed by atoms with E-state index in [0.29, 0.717) is 12.2 Å². The zero-order valence-electron chi connectivity index (χ0n) is 7.99. The van der Waals surface area contributed by atoms with Crippen molar-refractivity contribution in [3.63, 3.8) is 0 Å². The number of likely N-dealkylation sites (N-methyl/N-ethyl adjacent to an activating group) is 1. The summed E-state index contributed by atoms with van der Waals surface area (Å²) in [6, 6.07) is 1.91. The van der Waals surface area contributed by atoms with Crippen molar-refractivity contribution in [3.8, 4) is 0 Å². The molecule has 0 aliphatic carbocycles. The number of nitrogen functional groups attached to an aromatic ring is 1. The van der Waals surface area contributed by atoms with E-state index in [0.717, 1.165) is 11.4 Å². The van der Waals surface area contributed by atoms with Crippen LogP contribution in [0.4, 0.5) is 11.5 Å². The maximum absolute atomic E-state index is 8.73. The molecule has 13 heavy (non-hydrogen) atoms. The molecule has 0 amide bonds. The summed E-state index contributed by atoms with van der Waals surface area (Å²) >= 11 is 0. The van der Waals surface area contributed by atoms with Crippen molar-refractivity contribution in [2.75, 3.05) is 30.8 Å². The fourth-order valence-electron chi connectivity index (χ4n) is 1.03. The van der Waals surface area contributed by atoms with E-state index < -0.39 is 0 Å². The maximum atomic E-state index is 8.73. The molecule has 0 aliphatic rings. The Labute approximate surface area is 78.0 Å². The van der Waals surface area contributed by atoms with Crippen molar-refractivity contribution in [2.45, 2.75) is 6.92 Å². The highest BCUT2D eigenvalue weighted by Gasteiger charge is 2.02. The molecule has 0 radical (unpaired) electrons. The lowest BCUT2D eigenvalue weighted by Crippen LogP contribution is -2.22. The van der Waals surface area contributed by atoms with E-state index in [-0.39, 0.29) is 6.61 Å². The minimum absolute atomic E-state index is 0.127. The van der Waals surface area contributed by atoms with E-state index >= 15 is 0 Å². The standard InChI is InChI=1S/C9H15N3O/c1-7-5-9(11-6-8(7)10)12(2)3-4-13/h5-6,13H,3-4,10H2,1-2H3. The molecule has 4 nitrogen and oxygen atoms in total. The van der Waals surface area contributed by atoms with Gasteiger partial charge in [-0.15, -0.1) is 0 Å². The van der Waals surface area contributed by atoms with Gasteiger partial charge in [-0.2, -0.15) is 0 Å². The van der Waals surface area contributed by atoms with E-state index in [1.165, 1.54) is 0 Å². The second kappa shape index (κ2) is 4.09. The van der Waals surface area contributed by atoms with Gasteiger partial charge >= 0.3 is 0 Å². The van der Waals surface area contributed by atoms with E-state index in [1.807, 2.05) is 24.9 Å². The molecule has 0 bridgehead atoms. The van der Waals surface area contributed by atoms with Gasteiger partial charge in [0.05, 0.1) is 18.5 Å². The molecule has 0 aromatic carbocycles. The second-order valence-electron chi connectivity index (χ2n) is 3.04. The predicted molar refractivity (Wildman–Crippen MR) is 53.7 cm³/mol. The number of nitrogens with two attached hydrogens (primary N) is 1. The molecule has 0 saturated heterocycles.